The summed E-state index contributed by atoms with van der Waals surface area (Å²) >= 11 is 0. The lowest BCUT2D eigenvalue weighted by atomic mass is 10.2. The lowest BCUT2D eigenvalue weighted by molar-refractivity contribution is 0.297. The topological polar surface area (TPSA) is 61.6 Å². The molecule has 2 aromatic carbocycles. The third-order valence-corrected chi connectivity index (χ3v) is 4.63. The Kier molecular flexibility index (Phi) is 4.10. The van der Waals surface area contributed by atoms with Crippen LogP contribution in [0.3, 0.4) is 0 Å². The van der Waals surface area contributed by atoms with Crippen molar-refractivity contribution < 1.29 is 13.7 Å². The molecule has 5 heteroatoms. The van der Waals surface area contributed by atoms with Crippen LogP contribution >= 0.6 is 0 Å². The van der Waals surface area contributed by atoms with Crippen LogP contribution < -0.4 is 15.2 Å². The zero-order chi connectivity index (χ0) is 14.7. The summed E-state index contributed by atoms with van der Waals surface area (Å²) in [5.74, 6) is 1.86. The van der Waals surface area contributed by atoms with E-state index in [-0.39, 0.29) is 0 Å². The van der Waals surface area contributed by atoms with E-state index in [1.165, 1.54) is 0 Å². The van der Waals surface area contributed by atoms with Gasteiger partial charge in [-0.15, -0.1) is 0 Å². The van der Waals surface area contributed by atoms with E-state index in [1.807, 2.05) is 42.5 Å². The monoisotopic (exact) mass is 303 g/mol. The van der Waals surface area contributed by atoms with E-state index in [0.717, 1.165) is 22.6 Å². The SMILES string of the molecule is Nc1ccc(CS(=O)c2ccc3c(c2)OCCCO3)cc1. The van der Waals surface area contributed by atoms with Crippen LogP contribution in [0, 0.1) is 0 Å². The number of nitrogen functional groups attached to an aromatic ring is 1. The van der Waals surface area contributed by atoms with E-state index in [9.17, 15) is 4.21 Å². The average Bonchev–Trinajstić information content (AvgIpc) is 2.74. The first-order valence-corrected chi connectivity index (χ1v) is 8.17. The highest BCUT2D eigenvalue weighted by molar-refractivity contribution is 7.84. The molecule has 0 spiro atoms. The van der Waals surface area contributed by atoms with Crippen LogP contribution in [-0.4, -0.2) is 17.4 Å². The second-order valence-corrected chi connectivity index (χ2v) is 6.34. The van der Waals surface area contributed by atoms with Gasteiger partial charge < -0.3 is 15.2 Å². The van der Waals surface area contributed by atoms with Crippen molar-refractivity contribution in [1.82, 2.24) is 0 Å². The highest BCUT2D eigenvalue weighted by atomic mass is 32.2. The number of hydrogen-bond donors (Lipinski definition) is 1. The molecule has 1 atom stereocenters. The zero-order valence-corrected chi connectivity index (χ0v) is 12.4. The van der Waals surface area contributed by atoms with Crippen molar-refractivity contribution in [2.45, 2.75) is 17.1 Å². The molecule has 0 fully saturated rings. The summed E-state index contributed by atoms with van der Waals surface area (Å²) < 4.78 is 23.7. The third-order valence-electron chi connectivity index (χ3n) is 3.26. The van der Waals surface area contributed by atoms with E-state index in [4.69, 9.17) is 15.2 Å². The van der Waals surface area contributed by atoms with Crippen molar-refractivity contribution in [1.29, 1.82) is 0 Å². The van der Waals surface area contributed by atoms with Crippen LogP contribution in [0.15, 0.2) is 47.4 Å². The fraction of sp³-hybridized carbons (Fsp3) is 0.250. The predicted octanol–water partition coefficient (Wildman–Crippen LogP) is 2.74. The molecule has 21 heavy (non-hydrogen) atoms. The Morgan fingerprint density at radius 1 is 1.00 bits per heavy atom. The molecule has 0 aromatic heterocycles. The predicted molar refractivity (Wildman–Crippen MR) is 83.0 cm³/mol. The van der Waals surface area contributed by atoms with Crippen molar-refractivity contribution in [2.75, 3.05) is 18.9 Å². The summed E-state index contributed by atoms with van der Waals surface area (Å²) in [7, 11) is -1.12. The molecule has 2 aromatic rings. The molecule has 2 N–H and O–H groups in total. The van der Waals surface area contributed by atoms with Crippen LogP contribution in [0.4, 0.5) is 5.69 Å². The first-order valence-electron chi connectivity index (χ1n) is 6.85. The fourth-order valence-corrected chi connectivity index (χ4v) is 3.25. The molecule has 1 aliphatic rings. The van der Waals surface area contributed by atoms with Crippen molar-refractivity contribution in [3.05, 3.63) is 48.0 Å². The van der Waals surface area contributed by atoms with Gasteiger partial charge in [-0.2, -0.15) is 0 Å². The normalized spacial score (nSPS) is 15.2. The number of nitrogens with two attached hydrogens (primary N) is 1. The van der Waals surface area contributed by atoms with Crippen LogP contribution in [0.25, 0.3) is 0 Å². The first-order chi connectivity index (χ1) is 10.2. The van der Waals surface area contributed by atoms with Crippen molar-refractivity contribution in [3.63, 3.8) is 0 Å². The van der Waals surface area contributed by atoms with Gasteiger partial charge in [0.05, 0.1) is 29.8 Å². The number of anilines is 1. The second kappa shape index (κ2) is 6.18. The minimum absolute atomic E-state index is 0.458. The lowest BCUT2D eigenvalue weighted by Gasteiger charge is -2.09. The molecule has 0 saturated carbocycles. The molecule has 0 aliphatic carbocycles. The van der Waals surface area contributed by atoms with Crippen LogP contribution in [0.1, 0.15) is 12.0 Å². The molecule has 0 bridgehead atoms. The Morgan fingerprint density at radius 2 is 1.71 bits per heavy atom. The molecule has 1 aliphatic heterocycles. The highest BCUT2D eigenvalue weighted by Gasteiger charge is 2.13. The van der Waals surface area contributed by atoms with E-state index >= 15 is 0 Å². The third kappa shape index (κ3) is 3.36. The quantitative estimate of drug-likeness (QED) is 0.886. The molecular weight excluding hydrogens is 286 g/mol. The summed E-state index contributed by atoms with van der Waals surface area (Å²) in [6.45, 7) is 1.28. The maximum Gasteiger partial charge on any atom is 0.162 e. The van der Waals surface area contributed by atoms with Gasteiger partial charge in [-0.3, -0.25) is 4.21 Å². The number of rotatable bonds is 3. The zero-order valence-electron chi connectivity index (χ0n) is 11.6. The van der Waals surface area contributed by atoms with E-state index in [0.29, 0.717) is 30.4 Å². The summed E-state index contributed by atoms with van der Waals surface area (Å²) in [4.78, 5) is 0.746. The fourth-order valence-electron chi connectivity index (χ4n) is 2.13. The van der Waals surface area contributed by atoms with Gasteiger partial charge in [0.25, 0.3) is 0 Å². The van der Waals surface area contributed by atoms with Crippen LogP contribution in [-0.2, 0) is 16.6 Å². The molecule has 0 radical (unpaired) electrons. The van der Waals surface area contributed by atoms with E-state index < -0.39 is 10.8 Å². The van der Waals surface area contributed by atoms with Gasteiger partial charge in [-0.05, 0) is 29.8 Å². The standard InChI is InChI=1S/C16H17NO3S/c17-13-4-2-12(3-5-13)11-21(18)14-6-7-15-16(10-14)20-9-1-8-19-15/h2-7,10H,1,8-9,11,17H2. The maximum absolute atomic E-state index is 12.5. The molecule has 4 nitrogen and oxygen atoms in total. The smallest absolute Gasteiger partial charge is 0.162 e. The Morgan fingerprint density at radius 3 is 2.48 bits per heavy atom. The molecule has 1 unspecified atom stereocenters. The highest BCUT2D eigenvalue weighted by Crippen LogP contribution is 2.31. The number of ether oxygens (including phenoxy) is 2. The molecule has 1 heterocycles. The van der Waals surface area contributed by atoms with Gasteiger partial charge in [0.2, 0.25) is 0 Å². The second-order valence-electron chi connectivity index (χ2n) is 4.89. The molecule has 110 valence electrons. The Bertz CT molecular complexity index is 655. The minimum atomic E-state index is -1.12. The Labute approximate surface area is 126 Å². The Balaban J connectivity index is 1.78. The van der Waals surface area contributed by atoms with Crippen LogP contribution in [0.2, 0.25) is 0 Å². The van der Waals surface area contributed by atoms with Gasteiger partial charge in [0.1, 0.15) is 0 Å². The molecular formula is C16H17NO3S. The number of benzene rings is 2. The van der Waals surface area contributed by atoms with Crippen molar-refractivity contribution in [3.8, 4) is 11.5 Å². The van der Waals surface area contributed by atoms with Gasteiger partial charge in [-0.1, -0.05) is 12.1 Å². The molecule has 3 rings (SSSR count). The average molecular weight is 303 g/mol. The lowest BCUT2D eigenvalue weighted by Crippen LogP contribution is -1.99. The van der Waals surface area contributed by atoms with Crippen molar-refractivity contribution in [2.24, 2.45) is 0 Å². The van der Waals surface area contributed by atoms with Gasteiger partial charge in [-0.25, -0.2) is 0 Å². The van der Waals surface area contributed by atoms with Gasteiger partial charge in [0.15, 0.2) is 11.5 Å². The summed E-state index contributed by atoms with van der Waals surface area (Å²) in [5, 5.41) is 0. The number of fused-ring (bicyclic) bond motifs is 1. The maximum atomic E-state index is 12.5. The van der Waals surface area contributed by atoms with Gasteiger partial charge >= 0.3 is 0 Å². The number of hydrogen-bond acceptors (Lipinski definition) is 4. The van der Waals surface area contributed by atoms with Crippen molar-refractivity contribution >= 4 is 16.5 Å². The molecule has 0 amide bonds. The summed E-state index contributed by atoms with van der Waals surface area (Å²) in [6.07, 6.45) is 0.860. The summed E-state index contributed by atoms with van der Waals surface area (Å²) in [6, 6.07) is 12.9. The van der Waals surface area contributed by atoms with Gasteiger partial charge in [0, 0.05) is 23.1 Å². The Hall–Kier alpha value is -2.01. The van der Waals surface area contributed by atoms with E-state index in [1.54, 1.807) is 0 Å². The minimum Gasteiger partial charge on any atom is -0.490 e. The largest absolute Gasteiger partial charge is 0.490 e. The van der Waals surface area contributed by atoms with Crippen LogP contribution in [0.5, 0.6) is 11.5 Å². The van der Waals surface area contributed by atoms with E-state index in [2.05, 4.69) is 0 Å². The molecule has 0 saturated heterocycles. The summed E-state index contributed by atoms with van der Waals surface area (Å²) in [5.41, 5.74) is 7.36. The first kappa shape index (κ1) is 13.9.